The number of rotatable bonds is 7. The van der Waals surface area contributed by atoms with Gasteiger partial charge in [-0.05, 0) is 31.4 Å². The lowest BCUT2D eigenvalue weighted by Gasteiger charge is -2.19. The zero-order valence-corrected chi connectivity index (χ0v) is 12.1. The van der Waals surface area contributed by atoms with Crippen LogP contribution in [0.4, 0.5) is 17.1 Å². The van der Waals surface area contributed by atoms with E-state index >= 15 is 0 Å². The molecule has 1 aromatic rings. The molecule has 0 amide bonds. The van der Waals surface area contributed by atoms with Crippen LogP contribution >= 0.6 is 0 Å². The molecule has 1 aromatic carbocycles. The second-order valence-electron chi connectivity index (χ2n) is 5.06. The summed E-state index contributed by atoms with van der Waals surface area (Å²) < 4.78 is 0. The van der Waals surface area contributed by atoms with Crippen molar-refractivity contribution in [1.29, 1.82) is 0 Å². The predicted octanol–water partition coefficient (Wildman–Crippen LogP) is 3.87. The molecule has 0 radical (unpaired) electrons. The molecule has 0 aliphatic heterocycles. The molecule has 0 spiro atoms. The predicted molar refractivity (Wildman–Crippen MR) is 79.8 cm³/mol. The lowest BCUT2D eigenvalue weighted by atomic mass is 10.1. The number of hydrogen-bond donors (Lipinski definition) is 2. The lowest BCUT2D eigenvalue weighted by Crippen LogP contribution is -2.22. The van der Waals surface area contributed by atoms with E-state index in [1.54, 1.807) is 12.1 Å². The minimum absolute atomic E-state index is 0.128. The summed E-state index contributed by atoms with van der Waals surface area (Å²) in [6.07, 6.45) is 0.928. The van der Waals surface area contributed by atoms with Crippen LogP contribution in [0.15, 0.2) is 18.2 Å². The fourth-order valence-corrected chi connectivity index (χ4v) is 1.67. The lowest BCUT2D eigenvalue weighted by molar-refractivity contribution is -0.383. The Labute approximate surface area is 114 Å². The minimum Gasteiger partial charge on any atom is -0.379 e. The van der Waals surface area contributed by atoms with E-state index in [1.165, 1.54) is 0 Å². The Bertz CT molecular complexity index is 433. The number of nitrogens with one attached hydrogen (secondary N) is 2. The number of nitro groups is 1. The van der Waals surface area contributed by atoms with Crippen LogP contribution in [0.5, 0.6) is 0 Å². The summed E-state index contributed by atoms with van der Waals surface area (Å²) in [5.41, 5.74) is 1.28. The maximum atomic E-state index is 11.3. The van der Waals surface area contributed by atoms with Crippen LogP contribution in [0.25, 0.3) is 0 Å². The second kappa shape index (κ2) is 6.97. The molecule has 2 N–H and O–H groups in total. The van der Waals surface area contributed by atoms with Gasteiger partial charge in [0.1, 0.15) is 11.4 Å². The van der Waals surface area contributed by atoms with Gasteiger partial charge in [0.2, 0.25) is 0 Å². The van der Waals surface area contributed by atoms with Crippen molar-refractivity contribution in [2.75, 3.05) is 17.2 Å². The zero-order valence-electron chi connectivity index (χ0n) is 12.1. The van der Waals surface area contributed by atoms with Crippen molar-refractivity contribution in [1.82, 2.24) is 0 Å². The van der Waals surface area contributed by atoms with Crippen molar-refractivity contribution >= 4 is 17.1 Å². The van der Waals surface area contributed by atoms with Crippen LogP contribution < -0.4 is 10.6 Å². The minimum atomic E-state index is -0.326. The Hall–Kier alpha value is -1.78. The van der Waals surface area contributed by atoms with Gasteiger partial charge in [-0.2, -0.15) is 0 Å². The number of anilines is 2. The van der Waals surface area contributed by atoms with E-state index in [-0.39, 0.29) is 16.7 Å². The average Bonchev–Trinajstić information content (AvgIpc) is 2.35. The Morgan fingerprint density at radius 3 is 2.42 bits per heavy atom. The maximum absolute atomic E-state index is 11.3. The third kappa shape index (κ3) is 4.12. The highest BCUT2D eigenvalue weighted by Gasteiger charge is 2.21. The molecule has 0 saturated carbocycles. The van der Waals surface area contributed by atoms with Crippen LogP contribution in [0, 0.1) is 16.0 Å². The molecule has 5 nitrogen and oxygen atoms in total. The van der Waals surface area contributed by atoms with Crippen LogP contribution in [-0.4, -0.2) is 17.5 Å². The fraction of sp³-hybridized carbons (Fsp3) is 0.571. The van der Waals surface area contributed by atoms with Gasteiger partial charge in [-0.1, -0.05) is 26.8 Å². The molecule has 0 bridgehead atoms. The summed E-state index contributed by atoms with van der Waals surface area (Å²) in [6, 6.07) is 5.52. The van der Waals surface area contributed by atoms with Crippen molar-refractivity contribution < 1.29 is 4.92 Å². The van der Waals surface area contributed by atoms with Crippen molar-refractivity contribution in [3.05, 3.63) is 28.3 Å². The number of nitro benzene ring substituents is 1. The molecule has 0 heterocycles. The highest BCUT2D eigenvalue weighted by atomic mass is 16.6. The average molecular weight is 265 g/mol. The van der Waals surface area contributed by atoms with E-state index in [0.717, 1.165) is 13.0 Å². The first-order valence-corrected chi connectivity index (χ1v) is 6.75. The molecule has 0 aromatic heterocycles. The van der Waals surface area contributed by atoms with Gasteiger partial charge in [-0.3, -0.25) is 10.1 Å². The number of hydrogen-bond acceptors (Lipinski definition) is 4. The van der Waals surface area contributed by atoms with Gasteiger partial charge < -0.3 is 10.6 Å². The third-order valence-electron chi connectivity index (χ3n) is 3.17. The van der Waals surface area contributed by atoms with Crippen molar-refractivity contribution in [3.63, 3.8) is 0 Å². The largest absolute Gasteiger partial charge is 0.379 e. The summed E-state index contributed by atoms with van der Waals surface area (Å²) in [6.45, 7) is 8.96. The molecule has 0 aliphatic carbocycles. The fourth-order valence-electron chi connectivity index (χ4n) is 1.67. The van der Waals surface area contributed by atoms with Crippen molar-refractivity contribution in [3.8, 4) is 0 Å². The summed E-state index contributed by atoms with van der Waals surface area (Å²) in [7, 11) is 0. The van der Waals surface area contributed by atoms with Gasteiger partial charge in [0, 0.05) is 12.6 Å². The first kappa shape index (κ1) is 15.3. The number of benzene rings is 1. The number of nitrogens with zero attached hydrogens (tertiary/aromatic N) is 1. The third-order valence-corrected chi connectivity index (χ3v) is 3.17. The van der Waals surface area contributed by atoms with Gasteiger partial charge in [0.05, 0.1) is 4.92 Å². The summed E-state index contributed by atoms with van der Waals surface area (Å²) >= 11 is 0. The standard InChI is InChI=1S/C14H23N3O2/c1-5-9-15-12-7-6-8-13(14(12)17(18)19)16-11(4)10(2)3/h6-8,10-11,15-16H,5,9H2,1-4H3. The molecule has 0 aliphatic rings. The zero-order chi connectivity index (χ0) is 14.4. The van der Waals surface area contributed by atoms with E-state index < -0.39 is 0 Å². The number of para-hydroxylation sites is 1. The monoisotopic (exact) mass is 265 g/mol. The van der Waals surface area contributed by atoms with Crippen LogP contribution in [0.1, 0.15) is 34.1 Å². The highest BCUT2D eigenvalue weighted by Crippen LogP contribution is 2.33. The molecule has 0 fully saturated rings. The topological polar surface area (TPSA) is 67.2 Å². The molecule has 1 unspecified atom stereocenters. The first-order chi connectivity index (χ1) is 8.97. The second-order valence-corrected chi connectivity index (χ2v) is 5.06. The van der Waals surface area contributed by atoms with E-state index in [2.05, 4.69) is 24.5 Å². The Morgan fingerprint density at radius 2 is 1.89 bits per heavy atom. The molecular weight excluding hydrogens is 242 g/mol. The first-order valence-electron chi connectivity index (χ1n) is 6.75. The van der Waals surface area contributed by atoms with Crippen LogP contribution in [-0.2, 0) is 0 Å². The normalized spacial score (nSPS) is 12.3. The molecule has 19 heavy (non-hydrogen) atoms. The smallest absolute Gasteiger partial charge is 0.315 e. The molecular formula is C14H23N3O2. The van der Waals surface area contributed by atoms with E-state index in [0.29, 0.717) is 17.3 Å². The van der Waals surface area contributed by atoms with Gasteiger partial charge >= 0.3 is 5.69 Å². The van der Waals surface area contributed by atoms with E-state index in [4.69, 9.17) is 0 Å². The van der Waals surface area contributed by atoms with Crippen LogP contribution in [0.3, 0.4) is 0 Å². The Kier molecular flexibility index (Phi) is 5.60. The summed E-state index contributed by atoms with van der Waals surface area (Å²) in [5.74, 6) is 0.409. The van der Waals surface area contributed by atoms with Gasteiger partial charge in [-0.15, -0.1) is 0 Å². The quantitative estimate of drug-likeness (QED) is 0.580. The van der Waals surface area contributed by atoms with Gasteiger partial charge in [0.15, 0.2) is 0 Å². The maximum Gasteiger partial charge on any atom is 0.315 e. The molecule has 0 saturated heterocycles. The van der Waals surface area contributed by atoms with Gasteiger partial charge in [0.25, 0.3) is 0 Å². The summed E-state index contributed by atoms with van der Waals surface area (Å²) in [5, 5.41) is 17.6. The molecule has 1 rings (SSSR count). The van der Waals surface area contributed by atoms with Gasteiger partial charge in [-0.25, -0.2) is 0 Å². The Morgan fingerprint density at radius 1 is 1.26 bits per heavy atom. The SMILES string of the molecule is CCCNc1cccc(NC(C)C(C)C)c1[N+](=O)[O-]. The van der Waals surface area contributed by atoms with E-state index in [9.17, 15) is 10.1 Å². The molecule has 5 heteroatoms. The molecule has 1 atom stereocenters. The summed E-state index contributed by atoms with van der Waals surface area (Å²) in [4.78, 5) is 11.0. The Balaban J connectivity index is 3.06. The van der Waals surface area contributed by atoms with Crippen molar-refractivity contribution in [2.24, 2.45) is 5.92 Å². The molecule has 106 valence electrons. The highest BCUT2D eigenvalue weighted by molar-refractivity contribution is 5.76. The van der Waals surface area contributed by atoms with E-state index in [1.807, 2.05) is 19.9 Å². The van der Waals surface area contributed by atoms with Crippen LogP contribution in [0.2, 0.25) is 0 Å². The van der Waals surface area contributed by atoms with Crippen molar-refractivity contribution in [2.45, 2.75) is 40.2 Å².